The molecule has 2 heterocycles. The topological polar surface area (TPSA) is 75.4 Å². The van der Waals surface area contributed by atoms with Gasteiger partial charge in [0, 0.05) is 17.6 Å². The van der Waals surface area contributed by atoms with Crippen molar-refractivity contribution in [3.8, 4) is 0 Å². The summed E-state index contributed by atoms with van der Waals surface area (Å²) >= 11 is 1.36. The highest BCUT2D eigenvalue weighted by atomic mass is 32.1. The van der Waals surface area contributed by atoms with Crippen LogP contribution in [0.1, 0.15) is 42.7 Å². The molecule has 7 heteroatoms. The average molecular weight is 333 g/mol. The maximum atomic E-state index is 12.7. The number of amides is 2. The minimum atomic E-state index is -0.231. The first-order valence-corrected chi connectivity index (χ1v) is 8.66. The molecule has 0 atom stereocenters. The zero-order valence-electron chi connectivity index (χ0n) is 12.7. The molecule has 0 bridgehead atoms. The van der Waals surface area contributed by atoms with E-state index in [1.54, 1.807) is 28.6 Å². The standard InChI is InChI=1S/C16H19N3O3S/c20-14(18-16-17-8-10-23-16)11-19(12-5-2-1-3-6-12)15(21)13-7-4-9-22-13/h4,7-10,12H,1-3,5-6,11H2,(H,17,18,20). The van der Waals surface area contributed by atoms with Crippen molar-refractivity contribution in [1.29, 1.82) is 0 Å². The summed E-state index contributed by atoms with van der Waals surface area (Å²) < 4.78 is 5.22. The maximum absolute atomic E-state index is 12.7. The quantitative estimate of drug-likeness (QED) is 0.912. The molecule has 1 saturated carbocycles. The number of nitrogens with zero attached hydrogens (tertiary/aromatic N) is 2. The van der Waals surface area contributed by atoms with E-state index < -0.39 is 0 Å². The molecule has 1 N–H and O–H groups in total. The predicted octanol–water partition coefficient (Wildman–Crippen LogP) is 3.15. The molecule has 1 fully saturated rings. The number of rotatable bonds is 5. The summed E-state index contributed by atoms with van der Waals surface area (Å²) in [6.45, 7) is 0.0176. The molecule has 2 aromatic rings. The Morgan fingerprint density at radius 3 is 2.83 bits per heavy atom. The largest absolute Gasteiger partial charge is 0.459 e. The van der Waals surface area contributed by atoms with Crippen molar-refractivity contribution in [3.63, 3.8) is 0 Å². The number of anilines is 1. The first-order chi connectivity index (χ1) is 11.2. The van der Waals surface area contributed by atoms with E-state index in [0.29, 0.717) is 5.13 Å². The first kappa shape index (κ1) is 15.7. The normalized spacial score (nSPS) is 15.3. The third-order valence-corrected chi connectivity index (χ3v) is 4.69. The number of carbonyl (C=O) groups excluding carboxylic acids is 2. The zero-order valence-corrected chi connectivity index (χ0v) is 13.6. The summed E-state index contributed by atoms with van der Waals surface area (Å²) in [5, 5.41) is 5.08. The molecule has 23 heavy (non-hydrogen) atoms. The lowest BCUT2D eigenvalue weighted by Gasteiger charge is -2.33. The molecular weight excluding hydrogens is 314 g/mol. The summed E-state index contributed by atoms with van der Waals surface area (Å²) in [7, 11) is 0. The Kier molecular flexibility index (Phi) is 5.07. The Bertz CT molecular complexity index is 634. The van der Waals surface area contributed by atoms with Crippen molar-refractivity contribution in [2.24, 2.45) is 0 Å². The van der Waals surface area contributed by atoms with Gasteiger partial charge >= 0.3 is 0 Å². The third kappa shape index (κ3) is 3.98. The first-order valence-electron chi connectivity index (χ1n) is 7.78. The SMILES string of the molecule is O=C(CN(C(=O)c1ccco1)C1CCCCC1)Nc1nccs1. The molecule has 122 valence electrons. The molecule has 1 aliphatic rings. The molecule has 0 radical (unpaired) electrons. The third-order valence-electron chi connectivity index (χ3n) is 4.00. The molecule has 0 aromatic carbocycles. The van der Waals surface area contributed by atoms with Gasteiger partial charge in [-0.3, -0.25) is 9.59 Å². The van der Waals surface area contributed by atoms with Crippen molar-refractivity contribution in [1.82, 2.24) is 9.88 Å². The van der Waals surface area contributed by atoms with Crippen LogP contribution in [0.5, 0.6) is 0 Å². The molecule has 6 nitrogen and oxygen atoms in total. The highest BCUT2D eigenvalue weighted by Crippen LogP contribution is 2.24. The van der Waals surface area contributed by atoms with E-state index in [2.05, 4.69) is 10.3 Å². The van der Waals surface area contributed by atoms with Gasteiger partial charge in [-0.25, -0.2) is 4.98 Å². The number of nitrogens with one attached hydrogen (secondary N) is 1. The van der Waals surface area contributed by atoms with E-state index in [1.807, 2.05) is 0 Å². The van der Waals surface area contributed by atoms with Gasteiger partial charge < -0.3 is 14.6 Å². The summed E-state index contributed by atoms with van der Waals surface area (Å²) in [5.74, 6) is -0.181. The molecule has 0 spiro atoms. The Hall–Kier alpha value is -2.15. The van der Waals surface area contributed by atoms with Crippen molar-refractivity contribution in [2.45, 2.75) is 38.1 Å². The van der Waals surface area contributed by atoms with E-state index in [-0.39, 0.29) is 30.2 Å². The Morgan fingerprint density at radius 2 is 2.17 bits per heavy atom. The lowest BCUT2D eigenvalue weighted by atomic mass is 9.94. The number of carbonyl (C=O) groups is 2. The second-order valence-electron chi connectivity index (χ2n) is 5.59. The van der Waals surface area contributed by atoms with Crippen LogP contribution in [0.15, 0.2) is 34.4 Å². The highest BCUT2D eigenvalue weighted by Gasteiger charge is 2.29. The van der Waals surface area contributed by atoms with Gasteiger partial charge in [-0.05, 0) is 25.0 Å². The lowest BCUT2D eigenvalue weighted by molar-refractivity contribution is -0.117. The smallest absolute Gasteiger partial charge is 0.290 e. The molecule has 0 saturated heterocycles. The monoisotopic (exact) mass is 333 g/mol. The molecule has 0 unspecified atom stereocenters. The van der Waals surface area contributed by atoms with Gasteiger partial charge in [-0.2, -0.15) is 0 Å². The average Bonchev–Trinajstić information content (AvgIpc) is 3.26. The lowest BCUT2D eigenvalue weighted by Crippen LogP contribution is -2.45. The maximum Gasteiger partial charge on any atom is 0.290 e. The number of aromatic nitrogens is 1. The fraction of sp³-hybridized carbons (Fsp3) is 0.438. The van der Waals surface area contributed by atoms with Crippen LogP contribution in [-0.2, 0) is 4.79 Å². The van der Waals surface area contributed by atoms with Crippen LogP contribution in [0.4, 0.5) is 5.13 Å². The van der Waals surface area contributed by atoms with E-state index in [1.165, 1.54) is 24.0 Å². The van der Waals surface area contributed by atoms with Crippen LogP contribution in [0, 0.1) is 0 Å². The van der Waals surface area contributed by atoms with Crippen LogP contribution in [0.25, 0.3) is 0 Å². The van der Waals surface area contributed by atoms with Crippen LogP contribution >= 0.6 is 11.3 Å². The summed E-state index contributed by atoms with van der Waals surface area (Å²) in [6, 6.07) is 3.40. The summed E-state index contributed by atoms with van der Waals surface area (Å²) in [5.41, 5.74) is 0. The van der Waals surface area contributed by atoms with E-state index in [0.717, 1.165) is 25.7 Å². The van der Waals surface area contributed by atoms with Gasteiger partial charge in [-0.1, -0.05) is 19.3 Å². The zero-order chi connectivity index (χ0) is 16.1. The second kappa shape index (κ2) is 7.41. The van der Waals surface area contributed by atoms with Crippen molar-refractivity contribution in [3.05, 3.63) is 35.7 Å². The number of hydrogen-bond acceptors (Lipinski definition) is 5. The Balaban J connectivity index is 1.71. The molecule has 2 aromatic heterocycles. The minimum Gasteiger partial charge on any atom is -0.459 e. The van der Waals surface area contributed by atoms with Crippen molar-refractivity contribution < 1.29 is 14.0 Å². The van der Waals surface area contributed by atoms with Crippen molar-refractivity contribution >= 4 is 28.3 Å². The van der Waals surface area contributed by atoms with Gasteiger partial charge in [0.2, 0.25) is 5.91 Å². The van der Waals surface area contributed by atoms with Gasteiger partial charge in [0.25, 0.3) is 5.91 Å². The van der Waals surface area contributed by atoms with Gasteiger partial charge in [0.05, 0.1) is 6.26 Å². The molecule has 1 aliphatic carbocycles. The van der Waals surface area contributed by atoms with Crippen LogP contribution in [0.3, 0.4) is 0 Å². The molecule has 2 amide bonds. The van der Waals surface area contributed by atoms with Gasteiger partial charge in [-0.15, -0.1) is 11.3 Å². The highest BCUT2D eigenvalue weighted by molar-refractivity contribution is 7.13. The van der Waals surface area contributed by atoms with E-state index >= 15 is 0 Å². The van der Waals surface area contributed by atoms with E-state index in [9.17, 15) is 9.59 Å². The minimum absolute atomic E-state index is 0.0176. The summed E-state index contributed by atoms with van der Waals surface area (Å²) in [4.78, 5) is 30.6. The fourth-order valence-corrected chi connectivity index (χ4v) is 3.45. The number of furan rings is 1. The summed E-state index contributed by atoms with van der Waals surface area (Å²) in [6.07, 6.45) is 8.31. The fourth-order valence-electron chi connectivity index (χ4n) is 2.90. The van der Waals surface area contributed by atoms with Crippen molar-refractivity contribution in [2.75, 3.05) is 11.9 Å². The van der Waals surface area contributed by atoms with Crippen LogP contribution in [0.2, 0.25) is 0 Å². The molecular formula is C16H19N3O3S. The number of hydrogen-bond donors (Lipinski definition) is 1. The number of thiazole rings is 1. The molecule has 3 rings (SSSR count). The predicted molar refractivity (Wildman–Crippen MR) is 87.4 cm³/mol. The Morgan fingerprint density at radius 1 is 1.35 bits per heavy atom. The van der Waals surface area contributed by atoms with Crippen LogP contribution in [-0.4, -0.2) is 34.3 Å². The molecule has 0 aliphatic heterocycles. The Labute approximate surface area is 138 Å². The van der Waals surface area contributed by atoms with E-state index in [4.69, 9.17) is 4.42 Å². The van der Waals surface area contributed by atoms with Crippen LogP contribution < -0.4 is 5.32 Å². The van der Waals surface area contributed by atoms with Gasteiger partial charge in [0.15, 0.2) is 10.9 Å². The second-order valence-corrected chi connectivity index (χ2v) is 6.48. The van der Waals surface area contributed by atoms with Gasteiger partial charge in [0.1, 0.15) is 6.54 Å².